The number of nitrogens with one attached hydrogen (secondary N) is 1. The summed E-state index contributed by atoms with van der Waals surface area (Å²) in [6.45, 7) is 1.00. The summed E-state index contributed by atoms with van der Waals surface area (Å²) in [6, 6.07) is 6.85. The molecule has 1 aromatic heterocycles. The number of aromatic hydroxyl groups is 1. The normalized spacial score (nSPS) is 10.6. The van der Waals surface area contributed by atoms with E-state index in [-0.39, 0.29) is 11.3 Å². The molecule has 6 heteroatoms. The third-order valence-corrected chi connectivity index (χ3v) is 2.85. The number of aromatic carboxylic acids is 1. The van der Waals surface area contributed by atoms with Crippen LogP contribution in [0.5, 0.6) is 5.75 Å². The van der Waals surface area contributed by atoms with E-state index < -0.39 is 5.97 Å². The minimum Gasteiger partial charge on any atom is -0.508 e. The lowest BCUT2D eigenvalue weighted by atomic mass is 10.2. The van der Waals surface area contributed by atoms with Gasteiger partial charge < -0.3 is 15.5 Å². The summed E-state index contributed by atoms with van der Waals surface area (Å²) in [6.07, 6.45) is 1.35. The van der Waals surface area contributed by atoms with E-state index in [4.69, 9.17) is 10.2 Å². The molecule has 0 saturated carbocycles. The summed E-state index contributed by atoms with van der Waals surface area (Å²) in [5, 5.41) is 25.3. The maximum absolute atomic E-state index is 11.0. The van der Waals surface area contributed by atoms with Crippen LogP contribution in [0.3, 0.4) is 0 Å². The van der Waals surface area contributed by atoms with Crippen LogP contribution >= 0.6 is 0 Å². The Labute approximate surface area is 110 Å². The number of hydrogen-bond acceptors (Lipinski definition) is 4. The van der Waals surface area contributed by atoms with Crippen LogP contribution in [0.2, 0.25) is 0 Å². The quantitative estimate of drug-likeness (QED) is 0.750. The van der Waals surface area contributed by atoms with Crippen LogP contribution in [-0.4, -0.2) is 26.0 Å². The SMILES string of the molecule is Cn1ncc(C(=O)O)c1CNCc1ccc(O)cc1. The predicted octanol–water partition coefficient (Wildman–Crippen LogP) is 1.11. The van der Waals surface area contributed by atoms with Gasteiger partial charge >= 0.3 is 5.97 Å². The summed E-state index contributed by atoms with van der Waals surface area (Å²) in [5.41, 5.74) is 1.85. The van der Waals surface area contributed by atoms with Crippen LogP contribution in [0, 0.1) is 0 Å². The van der Waals surface area contributed by atoms with Crippen LogP contribution in [-0.2, 0) is 20.1 Å². The van der Waals surface area contributed by atoms with E-state index in [0.717, 1.165) is 5.56 Å². The smallest absolute Gasteiger partial charge is 0.339 e. The third-order valence-electron chi connectivity index (χ3n) is 2.85. The average Bonchev–Trinajstić information content (AvgIpc) is 2.74. The van der Waals surface area contributed by atoms with Gasteiger partial charge in [0.25, 0.3) is 0 Å². The lowest BCUT2D eigenvalue weighted by molar-refractivity contribution is 0.0695. The van der Waals surface area contributed by atoms with Gasteiger partial charge in [-0.05, 0) is 17.7 Å². The number of aryl methyl sites for hydroxylation is 1. The van der Waals surface area contributed by atoms with Gasteiger partial charge in [-0.1, -0.05) is 12.1 Å². The van der Waals surface area contributed by atoms with Crippen LogP contribution < -0.4 is 5.32 Å². The van der Waals surface area contributed by atoms with Crippen molar-refractivity contribution < 1.29 is 15.0 Å². The molecule has 2 aromatic rings. The van der Waals surface area contributed by atoms with E-state index in [1.165, 1.54) is 6.20 Å². The number of phenolic OH excluding ortho intramolecular Hbond substituents is 1. The highest BCUT2D eigenvalue weighted by molar-refractivity contribution is 5.88. The van der Waals surface area contributed by atoms with Gasteiger partial charge in [0.05, 0.1) is 11.9 Å². The zero-order chi connectivity index (χ0) is 13.8. The van der Waals surface area contributed by atoms with E-state index in [9.17, 15) is 4.79 Å². The lowest BCUT2D eigenvalue weighted by Gasteiger charge is -2.07. The fourth-order valence-electron chi connectivity index (χ4n) is 1.79. The minimum absolute atomic E-state index is 0.209. The van der Waals surface area contributed by atoms with E-state index in [2.05, 4.69) is 10.4 Å². The molecule has 0 aliphatic heterocycles. The molecule has 1 heterocycles. The van der Waals surface area contributed by atoms with Gasteiger partial charge in [-0.25, -0.2) is 4.79 Å². The van der Waals surface area contributed by atoms with Crippen LogP contribution in [0.15, 0.2) is 30.5 Å². The Kier molecular flexibility index (Phi) is 3.82. The van der Waals surface area contributed by atoms with Crippen LogP contribution in [0.25, 0.3) is 0 Å². The molecule has 3 N–H and O–H groups in total. The fraction of sp³-hybridized carbons (Fsp3) is 0.231. The van der Waals surface area contributed by atoms with Gasteiger partial charge in [0, 0.05) is 20.1 Å². The molecule has 0 saturated heterocycles. The largest absolute Gasteiger partial charge is 0.508 e. The average molecular weight is 261 g/mol. The number of phenols is 1. The van der Waals surface area contributed by atoms with Crippen LogP contribution in [0.1, 0.15) is 21.6 Å². The van der Waals surface area contributed by atoms with Gasteiger partial charge in [0.2, 0.25) is 0 Å². The molecule has 0 fully saturated rings. The minimum atomic E-state index is -0.977. The zero-order valence-corrected chi connectivity index (χ0v) is 10.5. The zero-order valence-electron chi connectivity index (χ0n) is 10.5. The van der Waals surface area contributed by atoms with Gasteiger partial charge in [0.1, 0.15) is 11.3 Å². The highest BCUT2D eigenvalue weighted by Gasteiger charge is 2.14. The van der Waals surface area contributed by atoms with Crippen molar-refractivity contribution >= 4 is 5.97 Å². The van der Waals surface area contributed by atoms with Gasteiger partial charge in [-0.15, -0.1) is 0 Å². The van der Waals surface area contributed by atoms with E-state index >= 15 is 0 Å². The van der Waals surface area contributed by atoms with Crippen molar-refractivity contribution in [2.75, 3.05) is 0 Å². The summed E-state index contributed by atoms with van der Waals surface area (Å²) in [4.78, 5) is 11.0. The highest BCUT2D eigenvalue weighted by Crippen LogP contribution is 2.10. The molecule has 100 valence electrons. The Morgan fingerprint density at radius 2 is 2.00 bits per heavy atom. The summed E-state index contributed by atoms with van der Waals surface area (Å²) < 4.78 is 1.55. The molecule has 0 amide bonds. The van der Waals surface area contributed by atoms with Crippen molar-refractivity contribution in [1.82, 2.24) is 15.1 Å². The molecule has 1 aromatic carbocycles. The van der Waals surface area contributed by atoms with Gasteiger partial charge in [0.15, 0.2) is 0 Å². The molecule has 0 bridgehead atoms. The molecule has 2 rings (SSSR count). The molecular weight excluding hydrogens is 246 g/mol. The third kappa shape index (κ3) is 3.11. The first-order valence-corrected chi connectivity index (χ1v) is 5.80. The van der Waals surface area contributed by atoms with Crippen molar-refractivity contribution in [3.05, 3.63) is 47.3 Å². The Morgan fingerprint density at radius 1 is 1.32 bits per heavy atom. The lowest BCUT2D eigenvalue weighted by Crippen LogP contribution is -2.17. The van der Waals surface area contributed by atoms with Crippen molar-refractivity contribution in [3.8, 4) is 5.75 Å². The number of rotatable bonds is 5. The first-order chi connectivity index (χ1) is 9.08. The maximum atomic E-state index is 11.0. The highest BCUT2D eigenvalue weighted by atomic mass is 16.4. The molecule has 0 radical (unpaired) electrons. The Bertz CT molecular complexity index is 575. The van der Waals surface area contributed by atoms with E-state index in [1.54, 1.807) is 23.9 Å². The first-order valence-electron chi connectivity index (χ1n) is 5.80. The molecule has 0 aliphatic rings. The fourth-order valence-corrected chi connectivity index (χ4v) is 1.79. The number of carboxylic acid groups (broad SMARTS) is 1. The molecule has 0 unspecified atom stereocenters. The van der Waals surface area contributed by atoms with E-state index in [1.807, 2.05) is 12.1 Å². The van der Waals surface area contributed by atoms with Crippen molar-refractivity contribution in [2.24, 2.45) is 7.05 Å². The van der Waals surface area contributed by atoms with Crippen molar-refractivity contribution in [3.63, 3.8) is 0 Å². The second-order valence-corrected chi connectivity index (χ2v) is 4.20. The molecule has 6 nitrogen and oxygen atoms in total. The molecule has 0 spiro atoms. The molecule has 19 heavy (non-hydrogen) atoms. The van der Waals surface area contributed by atoms with Gasteiger partial charge in [-0.2, -0.15) is 5.10 Å². The Hall–Kier alpha value is -2.34. The second kappa shape index (κ2) is 5.53. The monoisotopic (exact) mass is 261 g/mol. The van der Waals surface area contributed by atoms with E-state index in [0.29, 0.717) is 18.8 Å². The Morgan fingerprint density at radius 3 is 2.63 bits per heavy atom. The first kappa shape index (κ1) is 13.1. The topological polar surface area (TPSA) is 87.4 Å². The number of carboxylic acids is 1. The van der Waals surface area contributed by atoms with Gasteiger partial charge in [-0.3, -0.25) is 4.68 Å². The number of benzene rings is 1. The number of nitrogens with zero attached hydrogens (tertiary/aromatic N) is 2. The maximum Gasteiger partial charge on any atom is 0.339 e. The molecular formula is C13H15N3O3. The summed E-state index contributed by atoms with van der Waals surface area (Å²) >= 11 is 0. The summed E-state index contributed by atoms with van der Waals surface area (Å²) in [7, 11) is 1.71. The second-order valence-electron chi connectivity index (χ2n) is 4.20. The summed E-state index contributed by atoms with van der Waals surface area (Å²) in [5.74, 6) is -0.752. The number of carbonyl (C=O) groups is 1. The molecule has 0 atom stereocenters. The van der Waals surface area contributed by atoms with Crippen LogP contribution in [0.4, 0.5) is 0 Å². The molecule has 0 aliphatic carbocycles. The number of aromatic nitrogens is 2. The standard InChI is InChI=1S/C13H15N3O3/c1-16-12(11(7-15-16)13(18)19)8-14-6-9-2-4-10(17)5-3-9/h2-5,7,14,17H,6,8H2,1H3,(H,18,19). The van der Waals surface area contributed by atoms with Crippen molar-refractivity contribution in [1.29, 1.82) is 0 Å². The Balaban J connectivity index is 1.97. The van der Waals surface area contributed by atoms with Crippen molar-refractivity contribution in [2.45, 2.75) is 13.1 Å². The predicted molar refractivity (Wildman–Crippen MR) is 68.8 cm³/mol. The number of hydrogen-bond donors (Lipinski definition) is 3.